The fourth-order valence-electron chi connectivity index (χ4n) is 3.16. The summed E-state index contributed by atoms with van der Waals surface area (Å²) in [6.07, 6.45) is 1.72. The normalized spacial score (nSPS) is 17.0. The lowest BCUT2D eigenvalue weighted by molar-refractivity contribution is -0.137. The van der Waals surface area contributed by atoms with Gasteiger partial charge >= 0.3 is 6.18 Å². The summed E-state index contributed by atoms with van der Waals surface area (Å²) in [5, 5.41) is 10.8. The van der Waals surface area contributed by atoms with Gasteiger partial charge in [-0.3, -0.25) is 9.67 Å². The van der Waals surface area contributed by atoms with Crippen LogP contribution in [0.5, 0.6) is 0 Å². The van der Waals surface area contributed by atoms with Crippen LogP contribution in [0, 0.1) is 0 Å². The summed E-state index contributed by atoms with van der Waals surface area (Å²) in [6.45, 7) is 2.77. The third kappa shape index (κ3) is 6.62. The second kappa shape index (κ2) is 11.0. The maximum atomic E-state index is 12.8. The molecule has 166 valence electrons. The fourth-order valence-corrected chi connectivity index (χ4v) is 3.44. The van der Waals surface area contributed by atoms with Gasteiger partial charge in [0.25, 0.3) is 0 Å². The van der Waals surface area contributed by atoms with Gasteiger partial charge in [0, 0.05) is 57.9 Å². The van der Waals surface area contributed by atoms with Crippen molar-refractivity contribution in [2.75, 3.05) is 31.6 Å². The van der Waals surface area contributed by atoms with E-state index in [1.807, 2.05) is 21.8 Å². The molecule has 1 unspecified atom stereocenters. The zero-order valence-corrected chi connectivity index (χ0v) is 19.4. The zero-order valence-electron chi connectivity index (χ0n) is 16.4. The molecule has 0 spiro atoms. The molecule has 1 aliphatic heterocycles. The summed E-state index contributed by atoms with van der Waals surface area (Å²) in [6, 6.07) is 2.90. The lowest BCUT2D eigenvalue weighted by Crippen LogP contribution is -2.45. The van der Waals surface area contributed by atoms with Crippen LogP contribution in [0.1, 0.15) is 18.4 Å². The minimum Gasteiger partial charge on any atom is -0.356 e. The average Bonchev–Trinajstić information content (AvgIpc) is 3.35. The summed E-state index contributed by atoms with van der Waals surface area (Å²) < 4.78 is 40.2. The van der Waals surface area contributed by atoms with Crippen molar-refractivity contribution in [1.29, 1.82) is 0 Å². The van der Waals surface area contributed by atoms with Crippen LogP contribution < -0.4 is 15.5 Å². The molecule has 0 aliphatic carbocycles. The highest BCUT2D eigenvalue weighted by Gasteiger charge is 2.33. The van der Waals surface area contributed by atoms with Gasteiger partial charge in [-0.15, -0.1) is 24.0 Å². The van der Waals surface area contributed by atoms with Crippen LogP contribution in [0.25, 0.3) is 0 Å². The van der Waals surface area contributed by atoms with Gasteiger partial charge in [-0.05, 0) is 25.0 Å². The van der Waals surface area contributed by atoms with E-state index < -0.39 is 11.7 Å². The van der Waals surface area contributed by atoms with Gasteiger partial charge in [0.15, 0.2) is 5.96 Å². The number of hydrogen-bond acceptors (Lipinski definition) is 4. The molecule has 2 aromatic heterocycles. The SMILES string of the molecule is CN=C(NCCCn1cccn1)NC1CCN(c2ncc(C(F)(F)F)cc2Cl)C1.I. The maximum Gasteiger partial charge on any atom is 0.417 e. The van der Waals surface area contributed by atoms with Crippen molar-refractivity contribution in [2.24, 2.45) is 4.99 Å². The van der Waals surface area contributed by atoms with Crippen LogP contribution in [0.3, 0.4) is 0 Å². The number of nitrogens with one attached hydrogen (secondary N) is 2. The minimum atomic E-state index is -4.46. The molecule has 30 heavy (non-hydrogen) atoms. The van der Waals surface area contributed by atoms with E-state index in [1.54, 1.807) is 13.2 Å². The Labute approximate surface area is 195 Å². The minimum absolute atomic E-state index is 0. The number of nitrogens with zero attached hydrogens (tertiary/aromatic N) is 5. The maximum absolute atomic E-state index is 12.8. The molecule has 0 radical (unpaired) electrons. The first-order valence-electron chi connectivity index (χ1n) is 9.29. The Morgan fingerprint density at radius 3 is 2.83 bits per heavy atom. The lowest BCUT2D eigenvalue weighted by atomic mass is 10.2. The number of halogens is 5. The first-order chi connectivity index (χ1) is 13.9. The van der Waals surface area contributed by atoms with Crippen molar-refractivity contribution in [3.63, 3.8) is 0 Å². The third-order valence-corrected chi connectivity index (χ3v) is 4.90. The number of rotatable bonds is 6. The van der Waals surface area contributed by atoms with E-state index in [-0.39, 0.29) is 35.0 Å². The highest BCUT2D eigenvalue weighted by molar-refractivity contribution is 14.0. The summed E-state index contributed by atoms with van der Waals surface area (Å²) in [4.78, 5) is 10.0. The zero-order chi connectivity index (χ0) is 20.9. The van der Waals surface area contributed by atoms with Crippen molar-refractivity contribution < 1.29 is 13.2 Å². The molecule has 1 saturated heterocycles. The Hall–Kier alpha value is -1.76. The highest BCUT2D eigenvalue weighted by atomic mass is 127. The predicted octanol–water partition coefficient (Wildman–Crippen LogP) is 3.40. The predicted molar refractivity (Wildman–Crippen MR) is 122 cm³/mol. The fraction of sp³-hybridized carbons (Fsp3) is 0.500. The smallest absolute Gasteiger partial charge is 0.356 e. The Balaban J connectivity index is 0.00000320. The molecule has 2 aromatic rings. The molecule has 1 atom stereocenters. The Kier molecular flexibility index (Phi) is 9.01. The molecule has 7 nitrogen and oxygen atoms in total. The Bertz CT molecular complexity index is 830. The lowest BCUT2D eigenvalue weighted by Gasteiger charge is -2.21. The van der Waals surface area contributed by atoms with Crippen molar-refractivity contribution in [3.05, 3.63) is 41.3 Å². The van der Waals surface area contributed by atoms with Crippen molar-refractivity contribution >= 4 is 47.4 Å². The van der Waals surface area contributed by atoms with E-state index in [4.69, 9.17) is 11.6 Å². The molecule has 1 fully saturated rings. The average molecular weight is 558 g/mol. The van der Waals surface area contributed by atoms with Crippen molar-refractivity contribution in [2.45, 2.75) is 31.6 Å². The van der Waals surface area contributed by atoms with E-state index in [1.165, 1.54) is 0 Å². The van der Waals surface area contributed by atoms with Gasteiger partial charge in [-0.1, -0.05) is 11.6 Å². The Morgan fingerprint density at radius 1 is 1.40 bits per heavy atom. The van der Waals surface area contributed by atoms with Gasteiger partial charge in [-0.25, -0.2) is 4.98 Å². The Morgan fingerprint density at radius 2 is 2.20 bits per heavy atom. The summed E-state index contributed by atoms with van der Waals surface area (Å²) >= 11 is 6.06. The van der Waals surface area contributed by atoms with Crippen LogP contribution >= 0.6 is 35.6 Å². The first-order valence-corrected chi connectivity index (χ1v) is 9.67. The second-order valence-electron chi connectivity index (χ2n) is 6.72. The third-order valence-electron chi connectivity index (χ3n) is 4.62. The van der Waals surface area contributed by atoms with Gasteiger partial charge in [0.1, 0.15) is 5.82 Å². The number of pyridine rings is 1. The van der Waals surface area contributed by atoms with Crippen LogP contribution in [0.15, 0.2) is 35.7 Å². The summed E-state index contributed by atoms with van der Waals surface area (Å²) in [5.41, 5.74) is -0.847. The van der Waals surface area contributed by atoms with Crippen LogP contribution in [0.2, 0.25) is 5.02 Å². The quantitative estimate of drug-likeness (QED) is 0.247. The van der Waals surface area contributed by atoms with Crippen LogP contribution in [0.4, 0.5) is 19.0 Å². The number of aryl methyl sites for hydroxylation is 1. The number of hydrogen-bond donors (Lipinski definition) is 2. The molecule has 3 rings (SSSR count). The van der Waals surface area contributed by atoms with E-state index in [2.05, 4.69) is 25.7 Å². The molecule has 0 bridgehead atoms. The van der Waals surface area contributed by atoms with E-state index in [9.17, 15) is 13.2 Å². The molecule has 2 N–H and O–H groups in total. The van der Waals surface area contributed by atoms with Crippen molar-refractivity contribution in [1.82, 2.24) is 25.4 Å². The number of aliphatic imine (C=N–C) groups is 1. The van der Waals surface area contributed by atoms with Gasteiger partial charge in [0.05, 0.1) is 10.6 Å². The molecule has 3 heterocycles. The number of aromatic nitrogens is 3. The van der Waals surface area contributed by atoms with Gasteiger partial charge in [0.2, 0.25) is 0 Å². The number of anilines is 1. The second-order valence-corrected chi connectivity index (χ2v) is 7.13. The van der Waals surface area contributed by atoms with E-state index in [0.717, 1.165) is 38.2 Å². The highest BCUT2D eigenvalue weighted by Crippen LogP contribution is 2.34. The molecular formula is C18H24ClF3IN7. The standard InChI is InChI=1S/C18H23ClF3N7.HI/c1-23-17(24-5-2-7-29-8-3-6-26-29)27-14-4-9-28(12-14)16-15(19)10-13(11-25-16)18(20,21)22;/h3,6,8,10-11,14H,2,4-5,7,9,12H2,1H3,(H2,23,24,27);1H. The summed E-state index contributed by atoms with van der Waals surface area (Å²) in [7, 11) is 1.70. The van der Waals surface area contributed by atoms with Crippen molar-refractivity contribution in [3.8, 4) is 0 Å². The monoisotopic (exact) mass is 557 g/mol. The van der Waals surface area contributed by atoms with Crippen LogP contribution in [-0.4, -0.2) is 53.4 Å². The molecule has 12 heteroatoms. The number of alkyl halides is 3. The largest absolute Gasteiger partial charge is 0.417 e. The molecular weight excluding hydrogens is 534 g/mol. The molecule has 0 amide bonds. The molecule has 1 aliphatic rings. The van der Waals surface area contributed by atoms with Gasteiger partial charge < -0.3 is 15.5 Å². The van der Waals surface area contributed by atoms with E-state index in [0.29, 0.717) is 24.9 Å². The first kappa shape index (κ1) is 24.5. The summed E-state index contributed by atoms with van der Waals surface area (Å²) in [5.74, 6) is 1.05. The van der Waals surface area contributed by atoms with Gasteiger partial charge in [-0.2, -0.15) is 18.3 Å². The number of guanidine groups is 1. The molecule has 0 saturated carbocycles. The molecule has 0 aromatic carbocycles. The topological polar surface area (TPSA) is 70.4 Å². The van der Waals surface area contributed by atoms with Crippen LogP contribution in [-0.2, 0) is 12.7 Å². The van der Waals surface area contributed by atoms with E-state index >= 15 is 0 Å².